The highest BCUT2D eigenvalue weighted by molar-refractivity contribution is 6.36. The molecular formula is C17H16Cl2N2O. The fourth-order valence-corrected chi connectivity index (χ4v) is 2.48. The van der Waals surface area contributed by atoms with Gasteiger partial charge in [-0.05, 0) is 30.2 Å². The smallest absolute Gasteiger partial charge is 0.267 e. The van der Waals surface area contributed by atoms with Gasteiger partial charge >= 0.3 is 0 Å². The SMILES string of the molecule is CCC/C(=N\NC(=O)c1ccc(Cl)cc1Cl)c1ccccc1. The van der Waals surface area contributed by atoms with E-state index in [-0.39, 0.29) is 5.91 Å². The van der Waals surface area contributed by atoms with Gasteiger partial charge in [0, 0.05) is 5.02 Å². The van der Waals surface area contributed by atoms with Crippen LogP contribution < -0.4 is 5.43 Å². The standard InChI is InChI=1S/C17H16Cl2N2O/c1-2-6-16(12-7-4-3-5-8-12)20-21-17(22)14-10-9-13(18)11-15(14)19/h3-5,7-11H,2,6H2,1H3,(H,21,22)/b20-16+. The lowest BCUT2D eigenvalue weighted by atomic mass is 10.1. The van der Waals surface area contributed by atoms with Crippen molar-refractivity contribution in [3.05, 3.63) is 69.7 Å². The predicted molar refractivity (Wildman–Crippen MR) is 91.8 cm³/mol. The van der Waals surface area contributed by atoms with E-state index in [1.165, 1.54) is 6.07 Å². The van der Waals surface area contributed by atoms with Crippen molar-refractivity contribution in [2.24, 2.45) is 5.10 Å². The molecule has 0 aliphatic rings. The largest absolute Gasteiger partial charge is 0.272 e. The Kier molecular flexibility index (Phi) is 5.99. The van der Waals surface area contributed by atoms with Gasteiger partial charge in [-0.3, -0.25) is 4.79 Å². The summed E-state index contributed by atoms with van der Waals surface area (Å²) in [4.78, 5) is 12.2. The van der Waals surface area contributed by atoms with Gasteiger partial charge in [0.15, 0.2) is 0 Å². The molecule has 2 rings (SSSR count). The molecule has 0 saturated carbocycles. The minimum Gasteiger partial charge on any atom is -0.267 e. The lowest BCUT2D eigenvalue weighted by Gasteiger charge is -2.07. The first-order valence-electron chi connectivity index (χ1n) is 6.99. The molecular weight excluding hydrogens is 319 g/mol. The molecule has 0 saturated heterocycles. The summed E-state index contributed by atoms with van der Waals surface area (Å²) in [5.41, 5.74) is 4.74. The molecule has 1 N–H and O–H groups in total. The molecule has 0 aromatic heterocycles. The second-order valence-corrected chi connectivity index (χ2v) is 5.58. The Morgan fingerprint density at radius 3 is 2.50 bits per heavy atom. The van der Waals surface area contributed by atoms with Crippen LogP contribution in [0.25, 0.3) is 0 Å². The molecule has 0 aliphatic heterocycles. The van der Waals surface area contributed by atoms with Crippen LogP contribution in [-0.4, -0.2) is 11.6 Å². The highest BCUT2D eigenvalue weighted by atomic mass is 35.5. The number of hydrazone groups is 1. The third-order valence-electron chi connectivity index (χ3n) is 3.06. The molecule has 5 heteroatoms. The van der Waals surface area contributed by atoms with Crippen LogP contribution in [0.1, 0.15) is 35.7 Å². The third kappa shape index (κ3) is 4.33. The van der Waals surface area contributed by atoms with Gasteiger partial charge in [0.2, 0.25) is 0 Å². The maximum absolute atomic E-state index is 12.2. The zero-order valence-electron chi connectivity index (χ0n) is 12.1. The van der Waals surface area contributed by atoms with Crippen molar-refractivity contribution < 1.29 is 4.79 Å². The van der Waals surface area contributed by atoms with E-state index >= 15 is 0 Å². The summed E-state index contributed by atoms with van der Waals surface area (Å²) in [6.45, 7) is 2.07. The second kappa shape index (κ2) is 7.97. The molecule has 0 spiro atoms. The van der Waals surface area contributed by atoms with Gasteiger partial charge in [-0.2, -0.15) is 5.10 Å². The molecule has 22 heavy (non-hydrogen) atoms. The highest BCUT2D eigenvalue weighted by Gasteiger charge is 2.11. The van der Waals surface area contributed by atoms with E-state index in [9.17, 15) is 4.79 Å². The first kappa shape index (κ1) is 16.5. The van der Waals surface area contributed by atoms with Crippen molar-refractivity contribution in [2.75, 3.05) is 0 Å². The molecule has 0 radical (unpaired) electrons. The third-order valence-corrected chi connectivity index (χ3v) is 3.61. The maximum atomic E-state index is 12.2. The summed E-state index contributed by atoms with van der Waals surface area (Å²) in [7, 11) is 0. The van der Waals surface area contributed by atoms with Crippen LogP contribution in [0.3, 0.4) is 0 Å². The Morgan fingerprint density at radius 1 is 1.14 bits per heavy atom. The summed E-state index contributed by atoms with van der Waals surface area (Å²) < 4.78 is 0. The Hall–Kier alpha value is -1.84. The van der Waals surface area contributed by atoms with Crippen LogP contribution in [0.15, 0.2) is 53.6 Å². The number of nitrogens with one attached hydrogen (secondary N) is 1. The number of rotatable bonds is 5. The van der Waals surface area contributed by atoms with Crippen molar-refractivity contribution in [2.45, 2.75) is 19.8 Å². The first-order valence-corrected chi connectivity index (χ1v) is 7.74. The van der Waals surface area contributed by atoms with Gasteiger partial charge in [0.05, 0.1) is 16.3 Å². The Bertz CT molecular complexity index is 684. The van der Waals surface area contributed by atoms with Gasteiger partial charge in [-0.15, -0.1) is 0 Å². The van der Waals surface area contributed by atoms with Crippen molar-refractivity contribution in [3.63, 3.8) is 0 Å². The van der Waals surface area contributed by atoms with E-state index < -0.39 is 0 Å². The van der Waals surface area contributed by atoms with Gasteiger partial charge in [0.25, 0.3) is 5.91 Å². The Labute approximate surface area is 139 Å². The molecule has 2 aromatic carbocycles. The quantitative estimate of drug-likeness (QED) is 0.611. The zero-order chi connectivity index (χ0) is 15.9. The average molecular weight is 335 g/mol. The number of carbonyl (C=O) groups excluding carboxylic acids is 1. The van der Waals surface area contributed by atoms with E-state index in [4.69, 9.17) is 23.2 Å². The second-order valence-electron chi connectivity index (χ2n) is 4.74. The van der Waals surface area contributed by atoms with Gasteiger partial charge in [0.1, 0.15) is 0 Å². The van der Waals surface area contributed by atoms with Crippen LogP contribution in [-0.2, 0) is 0 Å². The van der Waals surface area contributed by atoms with Gasteiger partial charge < -0.3 is 0 Å². The van der Waals surface area contributed by atoms with Gasteiger partial charge in [-0.1, -0.05) is 66.9 Å². The van der Waals surface area contributed by atoms with E-state index in [1.807, 2.05) is 30.3 Å². The summed E-state index contributed by atoms with van der Waals surface area (Å²) in [6.07, 6.45) is 1.71. The number of hydrogen-bond acceptors (Lipinski definition) is 2. The normalized spacial score (nSPS) is 11.3. The van der Waals surface area contributed by atoms with Crippen molar-refractivity contribution in [1.82, 2.24) is 5.43 Å². The number of carbonyl (C=O) groups is 1. The Balaban J connectivity index is 2.18. The van der Waals surface area contributed by atoms with Crippen LogP contribution >= 0.6 is 23.2 Å². The number of nitrogens with zero attached hydrogens (tertiary/aromatic N) is 1. The molecule has 0 aliphatic carbocycles. The minimum absolute atomic E-state index is 0.303. The highest BCUT2D eigenvalue weighted by Crippen LogP contribution is 2.20. The number of benzene rings is 2. The van der Waals surface area contributed by atoms with E-state index in [0.717, 1.165) is 24.1 Å². The molecule has 1 amide bonds. The van der Waals surface area contributed by atoms with Crippen LogP contribution in [0.4, 0.5) is 0 Å². The van der Waals surface area contributed by atoms with E-state index in [2.05, 4.69) is 17.5 Å². The van der Waals surface area contributed by atoms with Crippen LogP contribution in [0, 0.1) is 0 Å². The fourth-order valence-electron chi connectivity index (χ4n) is 1.98. The first-order chi connectivity index (χ1) is 10.6. The maximum Gasteiger partial charge on any atom is 0.272 e. The predicted octanol–water partition coefficient (Wildman–Crippen LogP) is 4.93. The molecule has 2 aromatic rings. The summed E-state index contributed by atoms with van der Waals surface area (Å²) >= 11 is 11.9. The monoisotopic (exact) mass is 334 g/mol. The number of halogens is 2. The zero-order valence-corrected chi connectivity index (χ0v) is 13.7. The van der Waals surface area contributed by atoms with Crippen LogP contribution in [0.5, 0.6) is 0 Å². The Morgan fingerprint density at radius 2 is 1.86 bits per heavy atom. The molecule has 114 valence electrons. The molecule has 0 heterocycles. The number of hydrogen-bond donors (Lipinski definition) is 1. The lowest BCUT2D eigenvalue weighted by Crippen LogP contribution is -2.20. The van der Waals surface area contributed by atoms with Crippen LogP contribution in [0.2, 0.25) is 10.0 Å². The number of amides is 1. The van der Waals surface area contributed by atoms with Crippen molar-refractivity contribution in [1.29, 1.82) is 0 Å². The van der Waals surface area contributed by atoms with Crippen molar-refractivity contribution in [3.8, 4) is 0 Å². The van der Waals surface area contributed by atoms with Crippen molar-refractivity contribution >= 4 is 34.8 Å². The van der Waals surface area contributed by atoms with E-state index in [1.54, 1.807) is 12.1 Å². The summed E-state index contributed by atoms with van der Waals surface area (Å²) in [5.74, 6) is -0.355. The molecule has 0 bridgehead atoms. The summed E-state index contributed by atoms with van der Waals surface area (Å²) in [6, 6.07) is 14.5. The molecule has 0 atom stereocenters. The topological polar surface area (TPSA) is 41.5 Å². The molecule has 0 unspecified atom stereocenters. The average Bonchev–Trinajstić information content (AvgIpc) is 2.52. The van der Waals surface area contributed by atoms with E-state index in [0.29, 0.717) is 15.6 Å². The molecule has 0 fully saturated rings. The van der Waals surface area contributed by atoms with Gasteiger partial charge in [-0.25, -0.2) is 5.43 Å². The lowest BCUT2D eigenvalue weighted by molar-refractivity contribution is 0.0955. The molecule has 3 nitrogen and oxygen atoms in total. The fraction of sp³-hybridized carbons (Fsp3) is 0.176. The summed E-state index contributed by atoms with van der Waals surface area (Å²) in [5, 5.41) is 5.04. The minimum atomic E-state index is -0.355.